The summed E-state index contributed by atoms with van der Waals surface area (Å²) in [5.41, 5.74) is 2.18. The van der Waals surface area contributed by atoms with Crippen LogP contribution < -0.4 is 4.90 Å². The molecule has 0 aliphatic carbocycles. The van der Waals surface area contributed by atoms with Gasteiger partial charge in [-0.05, 0) is 0 Å². The Labute approximate surface area is 132 Å². The van der Waals surface area contributed by atoms with Crippen LogP contribution in [0.2, 0.25) is 5.15 Å². The molecule has 1 aliphatic rings. The first kappa shape index (κ1) is 15.2. The summed E-state index contributed by atoms with van der Waals surface area (Å²) in [5, 5.41) is 0.380. The van der Waals surface area contributed by atoms with Gasteiger partial charge in [-0.25, -0.2) is 9.97 Å². The van der Waals surface area contributed by atoms with Crippen LogP contribution in [0.3, 0.4) is 0 Å². The maximum absolute atomic E-state index is 11.3. The molecule has 7 nitrogen and oxygen atoms in total. The van der Waals surface area contributed by atoms with E-state index in [0.717, 1.165) is 25.1 Å². The number of imidazole rings is 1. The van der Waals surface area contributed by atoms with E-state index in [1.165, 1.54) is 0 Å². The van der Waals surface area contributed by atoms with Crippen LogP contribution in [0.25, 0.3) is 11.2 Å². The molecule has 0 amide bonds. The Bertz CT molecular complexity index is 682. The maximum Gasteiger partial charge on any atom is 0.185 e. The normalized spacial score (nSPS) is 15.5. The van der Waals surface area contributed by atoms with Crippen molar-refractivity contribution >= 4 is 34.7 Å². The summed E-state index contributed by atoms with van der Waals surface area (Å²) in [6.07, 6.45) is 0.730. The molecule has 3 rings (SSSR count). The number of carbonyl (C=O) groups excluding carboxylic acids is 1. The van der Waals surface area contributed by atoms with E-state index in [0.29, 0.717) is 48.5 Å². The number of aldehydes is 1. The van der Waals surface area contributed by atoms with Crippen molar-refractivity contribution in [2.24, 2.45) is 0 Å². The Balaban J connectivity index is 2.12. The highest BCUT2D eigenvalue weighted by Crippen LogP contribution is 2.29. The summed E-state index contributed by atoms with van der Waals surface area (Å²) in [6.45, 7) is 3.80. The summed E-state index contributed by atoms with van der Waals surface area (Å²) >= 11 is 6.17. The van der Waals surface area contributed by atoms with Crippen molar-refractivity contribution in [2.45, 2.75) is 6.54 Å². The van der Waals surface area contributed by atoms with Gasteiger partial charge in [-0.1, -0.05) is 11.6 Å². The molecule has 0 saturated carbocycles. The molecule has 0 spiro atoms. The Kier molecular flexibility index (Phi) is 4.56. The van der Waals surface area contributed by atoms with E-state index in [9.17, 15) is 4.79 Å². The first-order chi connectivity index (χ1) is 10.7. The highest BCUT2D eigenvalue weighted by Gasteiger charge is 2.20. The Morgan fingerprint density at radius 3 is 2.86 bits per heavy atom. The van der Waals surface area contributed by atoms with E-state index in [-0.39, 0.29) is 0 Å². The van der Waals surface area contributed by atoms with Crippen LogP contribution in [0.5, 0.6) is 0 Å². The number of pyridine rings is 1. The fourth-order valence-electron chi connectivity index (χ4n) is 2.60. The highest BCUT2D eigenvalue weighted by molar-refractivity contribution is 6.30. The van der Waals surface area contributed by atoms with Crippen molar-refractivity contribution in [2.75, 3.05) is 44.9 Å². The highest BCUT2D eigenvalue weighted by atomic mass is 35.5. The van der Waals surface area contributed by atoms with Crippen molar-refractivity contribution < 1.29 is 14.3 Å². The zero-order valence-corrected chi connectivity index (χ0v) is 13.0. The number of ether oxygens (including phenoxy) is 2. The molecule has 0 N–H and O–H groups in total. The smallest absolute Gasteiger partial charge is 0.185 e. The maximum atomic E-state index is 11.3. The first-order valence-electron chi connectivity index (χ1n) is 7.08. The molecule has 1 saturated heterocycles. The zero-order chi connectivity index (χ0) is 15.5. The molecule has 0 radical (unpaired) electrons. The number of morpholine rings is 1. The molecule has 3 heterocycles. The Morgan fingerprint density at radius 1 is 1.41 bits per heavy atom. The lowest BCUT2D eigenvalue weighted by Crippen LogP contribution is -2.36. The number of aromatic nitrogens is 3. The number of anilines is 1. The van der Waals surface area contributed by atoms with Gasteiger partial charge in [-0.2, -0.15) is 0 Å². The van der Waals surface area contributed by atoms with Crippen LogP contribution in [0.1, 0.15) is 10.6 Å². The largest absolute Gasteiger partial charge is 0.383 e. The minimum absolute atomic E-state index is 0.330. The van der Waals surface area contributed by atoms with Crippen LogP contribution in [-0.2, 0) is 16.0 Å². The minimum Gasteiger partial charge on any atom is -0.383 e. The number of rotatable bonds is 5. The van der Waals surface area contributed by atoms with Crippen LogP contribution in [0.4, 0.5) is 5.69 Å². The van der Waals surface area contributed by atoms with E-state index < -0.39 is 0 Å². The number of hydrogen-bond donors (Lipinski definition) is 0. The van der Waals surface area contributed by atoms with Gasteiger partial charge in [0.15, 0.2) is 17.8 Å². The molecule has 0 unspecified atom stereocenters. The molecule has 0 bridgehead atoms. The predicted molar refractivity (Wildman–Crippen MR) is 82.8 cm³/mol. The second-order valence-corrected chi connectivity index (χ2v) is 5.36. The van der Waals surface area contributed by atoms with E-state index in [1.54, 1.807) is 17.7 Å². The third kappa shape index (κ3) is 2.79. The second-order valence-electron chi connectivity index (χ2n) is 4.97. The summed E-state index contributed by atoms with van der Waals surface area (Å²) in [6, 6.07) is 1.79. The molecule has 0 atom stereocenters. The van der Waals surface area contributed by atoms with Crippen LogP contribution in [-0.4, -0.2) is 60.8 Å². The van der Waals surface area contributed by atoms with Crippen molar-refractivity contribution in [3.05, 3.63) is 17.0 Å². The van der Waals surface area contributed by atoms with E-state index >= 15 is 0 Å². The van der Waals surface area contributed by atoms with Crippen molar-refractivity contribution in [3.8, 4) is 0 Å². The van der Waals surface area contributed by atoms with Gasteiger partial charge in [-0.3, -0.25) is 4.79 Å². The molecule has 22 heavy (non-hydrogen) atoms. The number of hydrogen-bond acceptors (Lipinski definition) is 6. The van der Waals surface area contributed by atoms with Gasteiger partial charge < -0.3 is 18.9 Å². The SMILES string of the molecule is COCCn1c(C=O)nc2c(N3CCOCC3)cc(Cl)nc21. The predicted octanol–water partition coefficient (Wildman–Crippen LogP) is 1.38. The van der Waals surface area contributed by atoms with Crippen LogP contribution >= 0.6 is 11.6 Å². The lowest BCUT2D eigenvalue weighted by molar-refractivity contribution is 0.110. The molecular formula is C14H17ClN4O3. The van der Waals surface area contributed by atoms with Gasteiger partial charge in [0.2, 0.25) is 0 Å². The number of carbonyl (C=O) groups is 1. The second kappa shape index (κ2) is 6.60. The molecule has 1 fully saturated rings. The molecule has 1 aliphatic heterocycles. The zero-order valence-electron chi connectivity index (χ0n) is 12.3. The van der Waals surface area contributed by atoms with Crippen LogP contribution in [0, 0.1) is 0 Å². The van der Waals surface area contributed by atoms with Gasteiger partial charge in [0.25, 0.3) is 0 Å². The average Bonchev–Trinajstić information content (AvgIpc) is 2.90. The fourth-order valence-corrected chi connectivity index (χ4v) is 2.78. The molecule has 8 heteroatoms. The van der Waals surface area contributed by atoms with Gasteiger partial charge >= 0.3 is 0 Å². The first-order valence-corrected chi connectivity index (χ1v) is 7.46. The lowest BCUT2D eigenvalue weighted by atomic mass is 10.3. The number of methoxy groups -OCH3 is 1. The molecule has 118 valence electrons. The van der Waals surface area contributed by atoms with Gasteiger partial charge in [-0.15, -0.1) is 0 Å². The van der Waals surface area contributed by atoms with Crippen molar-refractivity contribution in [1.29, 1.82) is 0 Å². The Morgan fingerprint density at radius 2 is 2.18 bits per heavy atom. The summed E-state index contributed by atoms with van der Waals surface area (Å²) < 4.78 is 12.2. The minimum atomic E-state index is 0.330. The number of halogens is 1. The third-order valence-electron chi connectivity index (χ3n) is 3.66. The molecular weight excluding hydrogens is 308 g/mol. The Hall–Kier alpha value is -1.70. The van der Waals surface area contributed by atoms with Crippen molar-refractivity contribution in [1.82, 2.24) is 14.5 Å². The third-order valence-corrected chi connectivity index (χ3v) is 3.85. The van der Waals surface area contributed by atoms with Crippen molar-refractivity contribution in [3.63, 3.8) is 0 Å². The molecule has 2 aromatic heterocycles. The summed E-state index contributed by atoms with van der Waals surface area (Å²) in [5.74, 6) is 0.330. The van der Waals surface area contributed by atoms with Crippen LogP contribution in [0.15, 0.2) is 6.07 Å². The molecule has 2 aromatic rings. The quantitative estimate of drug-likeness (QED) is 0.611. The van der Waals surface area contributed by atoms with E-state index in [2.05, 4.69) is 14.9 Å². The van der Waals surface area contributed by atoms with Gasteiger partial charge in [0, 0.05) is 32.8 Å². The van der Waals surface area contributed by atoms with Gasteiger partial charge in [0.1, 0.15) is 10.7 Å². The molecule has 0 aromatic carbocycles. The monoisotopic (exact) mass is 324 g/mol. The summed E-state index contributed by atoms with van der Waals surface area (Å²) in [7, 11) is 1.61. The number of nitrogens with zero attached hydrogens (tertiary/aromatic N) is 4. The topological polar surface area (TPSA) is 69.5 Å². The standard InChI is InChI=1S/C14H17ClN4O3/c1-21-5-4-19-12(9-20)17-13-10(8-11(15)16-14(13)19)18-2-6-22-7-3-18/h8-9H,2-7H2,1H3. The summed E-state index contributed by atoms with van der Waals surface area (Å²) in [4.78, 5) is 22.3. The number of fused-ring (bicyclic) bond motifs is 1. The lowest BCUT2D eigenvalue weighted by Gasteiger charge is -2.29. The van der Waals surface area contributed by atoms with Gasteiger partial charge in [0.05, 0.1) is 25.5 Å². The van der Waals surface area contributed by atoms with E-state index in [1.807, 2.05) is 0 Å². The average molecular weight is 325 g/mol. The fraction of sp³-hybridized carbons (Fsp3) is 0.500. The van der Waals surface area contributed by atoms with E-state index in [4.69, 9.17) is 21.1 Å².